The molecule has 0 spiro atoms. The van der Waals surface area contributed by atoms with Crippen LogP contribution >= 0.6 is 0 Å². The van der Waals surface area contributed by atoms with Gasteiger partial charge in [0.1, 0.15) is 11.2 Å². The molecule has 0 fully saturated rings. The zero-order chi connectivity index (χ0) is 45.4. The first-order valence-electron chi connectivity index (χ1n) is 23.2. The minimum absolute atomic E-state index is 0.0940. The fourth-order valence-corrected chi connectivity index (χ4v) is 7.92. The molecule has 0 bridgehead atoms. The molecule has 0 aliphatic rings. The van der Waals surface area contributed by atoms with Crippen molar-refractivity contribution in [2.75, 3.05) is 4.90 Å². The largest absolute Gasteiger partial charge is 0.455 e. The zero-order valence-electron chi connectivity index (χ0n) is 39.1. The average molecular weight is 748 g/mol. The summed E-state index contributed by atoms with van der Waals surface area (Å²) in [5.41, 5.74) is 5.95. The van der Waals surface area contributed by atoms with Gasteiger partial charge in [-0.1, -0.05) is 170 Å². The van der Waals surface area contributed by atoms with E-state index in [1.165, 1.54) is 4.90 Å². The molecule has 0 radical (unpaired) electrons. The minimum atomic E-state index is -0.409. The van der Waals surface area contributed by atoms with Gasteiger partial charge in [0.05, 0.1) is 11.0 Å². The van der Waals surface area contributed by atoms with Crippen LogP contribution in [-0.2, 0) is 0 Å². The van der Waals surface area contributed by atoms with Crippen LogP contribution in [0, 0.1) is 0 Å². The Kier molecular flexibility index (Phi) is 6.38. The number of fused-ring (bicyclic) bond motifs is 5. The molecule has 0 unspecified atom stereocenters. The molecule has 2 heteroatoms. The molecule has 0 aliphatic carbocycles. The lowest BCUT2D eigenvalue weighted by atomic mass is 9.97. The Morgan fingerprint density at radius 2 is 0.879 bits per heavy atom. The lowest BCUT2D eigenvalue weighted by molar-refractivity contribution is 0.670. The molecule has 0 aliphatic heterocycles. The molecule has 11 aromatic rings. The normalized spacial score (nSPS) is 13.4. The smallest absolute Gasteiger partial charge is 0.143 e. The third-order valence-corrected chi connectivity index (χ3v) is 10.8. The topological polar surface area (TPSA) is 16.4 Å². The molecule has 1 heterocycles. The Balaban J connectivity index is 1.10. The summed E-state index contributed by atoms with van der Waals surface area (Å²) in [6.07, 6.45) is 0. The fourth-order valence-electron chi connectivity index (χ4n) is 7.92. The molecule has 58 heavy (non-hydrogen) atoms. The zero-order valence-corrected chi connectivity index (χ0v) is 31.1. The number of hydrogen-bond donors (Lipinski definition) is 0. The molecular formula is C56H37NO. The number of benzene rings is 10. The number of para-hydroxylation sites is 2. The highest BCUT2D eigenvalue weighted by atomic mass is 16.3. The first-order chi connectivity index (χ1) is 32.1. The third-order valence-electron chi connectivity index (χ3n) is 10.8. The Morgan fingerprint density at radius 1 is 0.328 bits per heavy atom. The van der Waals surface area contributed by atoms with Gasteiger partial charge in [0.25, 0.3) is 0 Å². The van der Waals surface area contributed by atoms with Crippen LogP contribution in [0.1, 0.15) is 11.0 Å². The summed E-state index contributed by atoms with van der Waals surface area (Å²) >= 11 is 0. The highest BCUT2D eigenvalue weighted by Gasteiger charge is 2.16. The number of nitrogens with zero attached hydrogens (tertiary/aromatic N) is 1. The molecule has 0 saturated heterocycles. The standard InChI is InChI=1S/C56H37NO/c1-2-12-43-37-46(23-22-38(43)10-1)45-15-7-14-44(36-45)39-24-30-47(31-25-39)57(48-32-26-41(27-33-48)51-18-8-13-40-11-3-4-16-50(40)51)49-34-28-42(29-35-49)52-19-9-20-54-53-17-5-6-21-55(53)58-56(52)54/h1-37H/i24D,25D,26D,27D,30D,31D,32D,33D. The van der Waals surface area contributed by atoms with Crippen LogP contribution in [-0.4, -0.2) is 0 Å². The maximum atomic E-state index is 9.63. The maximum Gasteiger partial charge on any atom is 0.143 e. The van der Waals surface area contributed by atoms with E-state index in [1.807, 2.05) is 146 Å². The molecule has 0 N–H and O–H groups in total. The summed E-state index contributed by atoms with van der Waals surface area (Å²) in [6, 6.07) is 52.7. The van der Waals surface area contributed by atoms with E-state index in [2.05, 4.69) is 6.07 Å². The van der Waals surface area contributed by atoms with E-state index in [4.69, 9.17) is 4.42 Å². The molecular weight excluding hydrogens is 703 g/mol. The van der Waals surface area contributed by atoms with Crippen molar-refractivity contribution in [3.8, 4) is 44.5 Å². The van der Waals surface area contributed by atoms with Crippen LogP contribution < -0.4 is 4.90 Å². The summed E-state index contributed by atoms with van der Waals surface area (Å²) in [4.78, 5) is 1.34. The van der Waals surface area contributed by atoms with Crippen LogP contribution in [0.2, 0.25) is 0 Å². The van der Waals surface area contributed by atoms with Gasteiger partial charge in [0, 0.05) is 33.4 Å². The first-order valence-corrected chi connectivity index (χ1v) is 19.2. The number of rotatable bonds is 7. The van der Waals surface area contributed by atoms with Gasteiger partial charge in [-0.25, -0.2) is 0 Å². The van der Waals surface area contributed by atoms with Gasteiger partial charge >= 0.3 is 0 Å². The average Bonchev–Trinajstić information content (AvgIpc) is 3.74. The van der Waals surface area contributed by atoms with Gasteiger partial charge in [-0.15, -0.1) is 0 Å². The van der Waals surface area contributed by atoms with E-state index >= 15 is 0 Å². The van der Waals surface area contributed by atoms with Crippen LogP contribution in [0.4, 0.5) is 17.1 Å². The van der Waals surface area contributed by atoms with Crippen molar-refractivity contribution in [2.45, 2.75) is 0 Å². The van der Waals surface area contributed by atoms with Crippen LogP contribution in [0.15, 0.2) is 229 Å². The van der Waals surface area contributed by atoms with Crippen LogP contribution in [0.5, 0.6) is 0 Å². The predicted molar refractivity (Wildman–Crippen MR) is 245 cm³/mol. The quantitative estimate of drug-likeness (QED) is 0.161. The predicted octanol–water partition coefficient (Wildman–Crippen LogP) is 16.0. The van der Waals surface area contributed by atoms with E-state index in [1.54, 1.807) is 24.3 Å². The highest BCUT2D eigenvalue weighted by molar-refractivity contribution is 6.09. The molecule has 0 amide bonds. The molecule has 0 saturated carbocycles. The fraction of sp³-hybridized carbons (Fsp3) is 0. The van der Waals surface area contributed by atoms with E-state index < -0.39 is 24.2 Å². The monoisotopic (exact) mass is 747 g/mol. The Hall–Kier alpha value is -7.68. The Bertz CT molecular complexity index is 3700. The summed E-state index contributed by atoms with van der Waals surface area (Å²) in [5.74, 6) is 0. The molecule has 11 rings (SSSR count). The SMILES string of the molecule is [2H]c1c([2H])c(N(c2ccc(-c3cccc4c3oc3ccccc34)cc2)c2c([2H])c([2H])c(-c3cccc4ccccc34)c([2H])c2[2H])c([2H])c([2H])c1-c1cccc(-c2ccc3ccccc3c2)c1. The maximum absolute atomic E-state index is 9.63. The van der Waals surface area contributed by atoms with Crippen molar-refractivity contribution < 1.29 is 15.4 Å². The van der Waals surface area contributed by atoms with Crippen molar-refractivity contribution >= 4 is 60.5 Å². The van der Waals surface area contributed by atoms with Crippen molar-refractivity contribution in [3.63, 3.8) is 0 Å². The van der Waals surface area contributed by atoms with Crippen LogP contribution in [0.3, 0.4) is 0 Å². The van der Waals surface area contributed by atoms with Gasteiger partial charge in [0.2, 0.25) is 0 Å². The van der Waals surface area contributed by atoms with Gasteiger partial charge in [-0.05, 0) is 115 Å². The summed E-state index contributed by atoms with van der Waals surface area (Å²) in [6.45, 7) is 0. The summed E-state index contributed by atoms with van der Waals surface area (Å²) in [7, 11) is 0. The van der Waals surface area contributed by atoms with Crippen LogP contribution in [0.25, 0.3) is 88.0 Å². The lowest BCUT2D eigenvalue weighted by Gasteiger charge is -2.26. The van der Waals surface area contributed by atoms with E-state index in [0.717, 1.165) is 60.2 Å². The second kappa shape index (κ2) is 14.1. The third kappa shape index (κ3) is 6.00. The molecule has 2 nitrogen and oxygen atoms in total. The van der Waals surface area contributed by atoms with Crippen molar-refractivity contribution in [1.82, 2.24) is 0 Å². The minimum Gasteiger partial charge on any atom is -0.455 e. The molecule has 10 aromatic carbocycles. The van der Waals surface area contributed by atoms with Crippen molar-refractivity contribution in [2.24, 2.45) is 0 Å². The van der Waals surface area contributed by atoms with Crippen molar-refractivity contribution in [1.29, 1.82) is 0 Å². The number of hydrogen-bond acceptors (Lipinski definition) is 2. The second-order valence-electron chi connectivity index (χ2n) is 14.3. The first kappa shape index (κ1) is 26.2. The van der Waals surface area contributed by atoms with Gasteiger partial charge in [0.15, 0.2) is 0 Å². The Morgan fingerprint density at radius 3 is 1.67 bits per heavy atom. The summed E-state index contributed by atoms with van der Waals surface area (Å²) < 4.78 is 82.7. The summed E-state index contributed by atoms with van der Waals surface area (Å²) in [5, 5.41) is 5.74. The van der Waals surface area contributed by atoms with Gasteiger partial charge < -0.3 is 9.32 Å². The number of anilines is 3. The van der Waals surface area contributed by atoms with Gasteiger partial charge in [-0.3, -0.25) is 0 Å². The highest BCUT2D eigenvalue weighted by Crippen LogP contribution is 2.41. The molecule has 272 valence electrons. The number of furan rings is 1. The van der Waals surface area contributed by atoms with Crippen molar-refractivity contribution in [3.05, 3.63) is 224 Å². The lowest BCUT2D eigenvalue weighted by Crippen LogP contribution is -2.09. The van der Waals surface area contributed by atoms with E-state index in [0.29, 0.717) is 22.4 Å². The molecule has 0 atom stereocenters. The van der Waals surface area contributed by atoms with E-state index in [-0.39, 0.29) is 46.7 Å². The Labute approximate surface area is 348 Å². The second-order valence-corrected chi connectivity index (χ2v) is 14.3. The van der Waals surface area contributed by atoms with E-state index in [9.17, 15) is 11.0 Å². The molecule has 1 aromatic heterocycles. The van der Waals surface area contributed by atoms with Gasteiger partial charge in [-0.2, -0.15) is 0 Å².